The van der Waals surface area contributed by atoms with Crippen LogP contribution < -0.4 is 14.8 Å². The Balaban J connectivity index is 1.50. The molecule has 6 heteroatoms. The summed E-state index contributed by atoms with van der Waals surface area (Å²) in [6, 6.07) is 15.3. The number of carbonyl (C=O) groups excluding carboxylic acids is 2. The van der Waals surface area contributed by atoms with Crippen LogP contribution in [0.1, 0.15) is 18.9 Å². The quantitative estimate of drug-likeness (QED) is 0.830. The number of aryl methyl sites for hydroxylation is 1. The third kappa shape index (κ3) is 4.75. The molecule has 0 bridgehead atoms. The van der Waals surface area contributed by atoms with E-state index in [1.165, 1.54) is 12.5 Å². The molecule has 2 aromatic rings. The summed E-state index contributed by atoms with van der Waals surface area (Å²) in [5.74, 6) is 0.918. The predicted octanol–water partition coefficient (Wildman–Crippen LogP) is 2.84. The van der Waals surface area contributed by atoms with Crippen molar-refractivity contribution in [1.82, 2.24) is 4.90 Å². The molecule has 0 radical (unpaired) electrons. The second-order valence-electron chi connectivity index (χ2n) is 6.15. The molecule has 1 heterocycles. The number of nitrogens with zero attached hydrogens (tertiary/aromatic N) is 1. The molecule has 1 N–H and O–H groups in total. The van der Waals surface area contributed by atoms with E-state index in [9.17, 15) is 9.59 Å². The van der Waals surface area contributed by atoms with Crippen LogP contribution in [0.5, 0.6) is 11.5 Å². The van der Waals surface area contributed by atoms with Gasteiger partial charge in [0.25, 0.3) is 0 Å². The molecule has 0 fully saturated rings. The lowest BCUT2D eigenvalue weighted by Gasteiger charge is -2.20. The average molecular weight is 354 g/mol. The number of anilines is 1. The van der Waals surface area contributed by atoms with Crippen molar-refractivity contribution in [3.8, 4) is 11.5 Å². The Morgan fingerprint density at radius 3 is 2.62 bits per heavy atom. The number of nitrogens with one attached hydrogen (secondary N) is 1. The van der Waals surface area contributed by atoms with E-state index in [-0.39, 0.29) is 25.2 Å². The van der Waals surface area contributed by atoms with Crippen molar-refractivity contribution in [2.45, 2.75) is 19.8 Å². The van der Waals surface area contributed by atoms with Crippen LogP contribution >= 0.6 is 0 Å². The molecule has 0 saturated heterocycles. The monoisotopic (exact) mass is 354 g/mol. The lowest BCUT2D eigenvalue weighted by molar-refractivity contribution is -0.132. The fourth-order valence-electron chi connectivity index (χ4n) is 2.81. The zero-order valence-corrected chi connectivity index (χ0v) is 14.7. The fraction of sp³-hybridized carbons (Fsp3) is 0.300. The van der Waals surface area contributed by atoms with Gasteiger partial charge in [-0.1, -0.05) is 30.3 Å². The fourth-order valence-corrected chi connectivity index (χ4v) is 2.81. The summed E-state index contributed by atoms with van der Waals surface area (Å²) < 4.78 is 10.5. The molecule has 1 aliphatic heterocycles. The molecular weight excluding hydrogens is 332 g/mol. The number of rotatable bonds is 7. The Morgan fingerprint density at radius 1 is 1.08 bits per heavy atom. The van der Waals surface area contributed by atoms with Crippen molar-refractivity contribution in [3.05, 3.63) is 54.1 Å². The summed E-state index contributed by atoms with van der Waals surface area (Å²) in [5, 5.41) is 2.80. The second-order valence-corrected chi connectivity index (χ2v) is 6.15. The minimum absolute atomic E-state index is 0.0264. The van der Waals surface area contributed by atoms with Crippen molar-refractivity contribution in [1.29, 1.82) is 0 Å². The van der Waals surface area contributed by atoms with Gasteiger partial charge in [0.15, 0.2) is 11.5 Å². The third-order valence-electron chi connectivity index (χ3n) is 4.17. The van der Waals surface area contributed by atoms with Crippen LogP contribution in [-0.4, -0.2) is 36.6 Å². The maximum Gasteiger partial charge on any atom is 0.243 e. The normalized spacial score (nSPS) is 11.9. The van der Waals surface area contributed by atoms with Gasteiger partial charge in [-0.2, -0.15) is 0 Å². The Bertz CT molecular complexity index is 777. The Hall–Kier alpha value is -3.02. The van der Waals surface area contributed by atoms with Gasteiger partial charge in [0.1, 0.15) is 0 Å². The highest BCUT2D eigenvalue weighted by atomic mass is 16.7. The highest BCUT2D eigenvalue weighted by Gasteiger charge is 2.16. The first-order valence-electron chi connectivity index (χ1n) is 8.61. The molecule has 26 heavy (non-hydrogen) atoms. The third-order valence-corrected chi connectivity index (χ3v) is 4.17. The number of fused-ring (bicyclic) bond motifs is 1. The van der Waals surface area contributed by atoms with E-state index in [2.05, 4.69) is 17.4 Å². The van der Waals surface area contributed by atoms with Gasteiger partial charge in [-0.05, 0) is 30.5 Å². The van der Waals surface area contributed by atoms with E-state index in [1.807, 2.05) is 18.2 Å². The predicted molar refractivity (Wildman–Crippen MR) is 98.2 cm³/mol. The zero-order chi connectivity index (χ0) is 18.4. The number of carbonyl (C=O) groups is 2. The van der Waals surface area contributed by atoms with Gasteiger partial charge in [-0.3, -0.25) is 9.59 Å². The smallest absolute Gasteiger partial charge is 0.243 e. The molecule has 0 atom stereocenters. The van der Waals surface area contributed by atoms with Crippen molar-refractivity contribution in [2.75, 3.05) is 25.2 Å². The number of amides is 2. The molecule has 0 unspecified atom stereocenters. The van der Waals surface area contributed by atoms with E-state index < -0.39 is 0 Å². The van der Waals surface area contributed by atoms with Crippen molar-refractivity contribution in [2.24, 2.45) is 0 Å². The maximum atomic E-state index is 12.3. The highest BCUT2D eigenvalue weighted by molar-refractivity contribution is 5.94. The van der Waals surface area contributed by atoms with Gasteiger partial charge in [0.05, 0.1) is 6.54 Å². The highest BCUT2D eigenvalue weighted by Crippen LogP contribution is 2.34. The average Bonchev–Trinajstić information content (AvgIpc) is 3.09. The first-order valence-corrected chi connectivity index (χ1v) is 8.61. The van der Waals surface area contributed by atoms with Crippen LogP contribution in [0.3, 0.4) is 0 Å². The molecule has 0 aromatic heterocycles. The van der Waals surface area contributed by atoms with Gasteiger partial charge in [0.2, 0.25) is 18.6 Å². The molecule has 136 valence electrons. The molecule has 6 nitrogen and oxygen atoms in total. The van der Waals surface area contributed by atoms with Crippen LogP contribution in [0.25, 0.3) is 0 Å². The lowest BCUT2D eigenvalue weighted by Crippen LogP contribution is -2.37. The number of ether oxygens (including phenoxy) is 2. The van der Waals surface area contributed by atoms with Crippen LogP contribution in [0.15, 0.2) is 48.5 Å². The zero-order valence-electron chi connectivity index (χ0n) is 14.7. The minimum Gasteiger partial charge on any atom is -0.454 e. The van der Waals surface area contributed by atoms with Crippen molar-refractivity contribution in [3.63, 3.8) is 0 Å². The first kappa shape index (κ1) is 17.8. The number of hydrogen-bond acceptors (Lipinski definition) is 4. The molecule has 0 aliphatic carbocycles. The van der Waals surface area contributed by atoms with Crippen molar-refractivity contribution >= 4 is 17.5 Å². The Kier molecular flexibility index (Phi) is 5.73. The van der Waals surface area contributed by atoms with E-state index in [1.54, 1.807) is 23.1 Å². The summed E-state index contributed by atoms with van der Waals surface area (Å²) in [5.41, 5.74) is 1.84. The summed E-state index contributed by atoms with van der Waals surface area (Å²) in [7, 11) is 0. The van der Waals surface area contributed by atoms with E-state index >= 15 is 0 Å². The van der Waals surface area contributed by atoms with Crippen molar-refractivity contribution < 1.29 is 19.1 Å². The first-order chi connectivity index (χ1) is 12.6. The summed E-state index contributed by atoms with van der Waals surface area (Å²) in [6.07, 6.45) is 1.68. The van der Waals surface area contributed by atoms with Gasteiger partial charge in [-0.25, -0.2) is 0 Å². The topological polar surface area (TPSA) is 67.9 Å². The van der Waals surface area contributed by atoms with Gasteiger partial charge in [-0.15, -0.1) is 0 Å². The van der Waals surface area contributed by atoms with Gasteiger partial charge in [0, 0.05) is 25.2 Å². The van der Waals surface area contributed by atoms with Gasteiger partial charge < -0.3 is 19.7 Å². The van der Waals surface area contributed by atoms with Gasteiger partial charge >= 0.3 is 0 Å². The standard InChI is InChI=1S/C20H22N2O4/c1-15(23)22(11-5-8-16-6-3-2-4-7-16)13-20(24)21-17-9-10-18-19(12-17)26-14-25-18/h2-4,6-7,9-10,12H,5,8,11,13-14H2,1H3,(H,21,24). The van der Waals surface area contributed by atoms with Crippen LogP contribution in [-0.2, 0) is 16.0 Å². The molecular formula is C20H22N2O4. The van der Waals surface area contributed by atoms with E-state index in [4.69, 9.17) is 9.47 Å². The second kappa shape index (κ2) is 8.38. The SMILES string of the molecule is CC(=O)N(CCCc1ccccc1)CC(=O)Nc1ccc2c(c1)OCO2. The largest absolute Gasteiger partial charge is 0.454 e. The molecule has 0 spiro atoms. The summed E-state index contributed by atoms with van der Waals surface area (Å²) >= 11 is 0. The van der Waals surface area contributed by atoms with Crippen LogP contribution in [0.2, 0.25) is 0 Å². The maximum absolute atomic E-state index is 12.3. The lowest BCUT2D eigenvalue weighted by atomic mass is 10.1. The summed E-state index contributed by atoms with van der Waals surface area (Å²) in [4.78, 5) is 25.7. The molecule has 2 amide bonds. The van der Waals surface area contributed by atoms with Crippen LogP contribution in [0.4, 0.5) is 5.69 Å². The molecule has 2 aromatic carbocycles. The molecule has 1 aliphatic rings. The van der Waals surface area contributed by atoms with E-state index in [0.29, 0.717) is 23.7 Å². The Morgan fingerprint density at radius 2 is 1.85 bits per heavy atom. The Labute approximate surface area is 152 Å². The number of hydrogen-bond donors (Lipinski definition) is 1. The number of benzene rings is 2. The summed E-state index contributed by atoms with van der Waals surface area (Å²) in [6.45, 7) is 2.24. The molecule has 3 rings (SSSR count). The van der Waals surface area contributed by atoms with Crippen LogP contribution in [0, 0.1) is 0 Å². The minimum atomic E-state index is -0.237. The van der Waals surface area contributed by atoms with E-state index in [0.717, 1.165) is 12.8 Å². The molecule has 0 saturated carbocycles.